The minimum Gasteiger partial charge on any atom is -0.465 e. The summed E-state index contributed by atoms with van der Waals surface area (Å²) in [6, 6.07) is 5.36. The van der Waals surface area contributed by atoms with Gasteiger partial charge in [0, 0.05) is 13.1 Å². The molecule has 0 bridgehead atoms. The summed E-state index contributed by atoms with van der Waals surface area (Å²) in [4.78, 5) is 11.9. The lowest BCUT2D eigenvalue weighted by Crippen LogP contribution is -2.41. The van der Waals surface area contributed by atoms with E-state index < -0.39 is 15.8 Å². The van der Waals surface area contributed by atoms with E-state index in [4.69, 9.17) is 4.74 Å². The molecule has 1 aliphatic carbocycles. The number of allylic oxidation sites excluding steroid dienone is 2. The van der Waals surface area contributed by atoms with Crippen LogP contribution in [-0.2, 0) is 19.6 Å². The molecule has 1 aromatic rings. The van der Waals surface area contributed by atoms with Crippen molar-refractivity contribution in [2.75, 3.05) is 19.7 Å². The zero-order chi connectivity index (χ0) is 18.6. The summed E-state index contributed by atoms with van der Waals surface area (Å²) in [6.45, 7) is 0.822. The van der Waals surface area contributed by atoms with Gasteiger partial charge in [-0.05, 0) is 50.2 Å². The number of halogens is 1. The van der Waals surface area contributed by atoms with Crippen molar-refractivity contribution in [1.29, 1.82) is 0 Å². The zero-order valence-corrected chi connectivity index (χ0v) is 15.5. The Morgan fingerprint density at radius 2 is 1.88 bits per heavy atom. The number of piperidine rings is 1. The van der Waals surface area contributed by atoms with Crippen LogP contribution in [0.4, 0.5) is 4.39 Å². The molecule has 7 heteroatoms. The van der Waals surface area contributed by atoms with E-state index in [1.807, 2.05) is 0 Å². The Labute approximate surface area is 153 Å². The maximum absolute atomic E-state index is 13.8. The van der Waals surface area contributed by atoms with Crippen LogP contribution in [0, 0.1) is 17.7 Å². The normalized spacial score (nSPS) is 22.3. The molecule has 1 aromatic carbocycles. The van der Waals surface area contributed by atoms with Crippen LogP contribution < -0.4 is 0 Å². The molecule has 1 aliphatic heterocycles. The molecular formula is C19H24FNO4S. The number of rotatable bonds is 5. The van der Waals surface area contributed by atoms with Crippen molar-refractivity contribution in [3.63, 3.8) is 0 Å². The fraction of sp³-hybridized carbons (Fsp3) is 0.526. The van der Waals surface area contributed by atoms with Crippen LogP contribution in [0.2, 0.25) is 0 Å². The Morgan fingerprint density at radius 3 is 2.54 bits per heavy atom. The van der Waals surface area contributed by atoms with Crippen molar-refractivity contribution in [3.05, 3.63) is 42.2 Å². The van der Waals surface area contributed by atoms with Crippen molar-refractivity contribution >= 4 is 16.0 Å². The lowest BCUT2D eigenvalue weighted by molar-refractivity contribution is -0.151. The molecule has 0 spiro atoms. The summed E-state index contributed by atoms with van der Waals surface area (Å²) < 4.78 is 45.7. The lowest BCUT2D eigenvalue weighted by Gasteiger charge is -2.30. The highest BCUT2D eigenvalue weighted by Crippen LogP contribution is 2.26. The molecule has 1 fully saturated rings. The van der Waals surface area contributed by atoms with Crippen molar-refractivity contribution in [1.82, 2.24) is 4.31 Å². The van der Waals surface area contributed by atoms with Crippen LogP contribution in [-0.4, -0.2) is 38.4 Å². The summed E-state index contributed by atoms with van der Waals surface area (Å²) >= 11 is 0. The lowest BCUT2D eigenvalue weighted by atomic mass is 9.95. The number of hydrogen-bond acceptors (Lipinski definition) is 4. The van der Waals surface area contributed by atoms with Gasteiger partial charge in [-0.2, -0.15) is 4.31 Å². The minimum atomic E-state index is -3.87. The number of carbonyl (C=O) groups is 1. The molecule has 0 N–H and O–H groups in total. The topological polar surface area (TPSA) is 63.7 Å². The van der Waals surface area contributed by atoms with Gasteiger partial charge in [0.15, 0.2) is 0 Å². The number of carbonyl (C=O) groups excluding carboxylic acids is 1. The molecule has 2 aliphatic rings. The van der Waals surface area contributed by atoms with E-state index >= 15 is 0 Å². The van der Waals surface area contributed by atoms with Gasteiger partial charge in [-0.3, -0.25) is 4.79 Å². The van der Waals surface area contributed by atoms with Crippen LogP contribution in [0.5, 0.6) is 0 Å². The average Bonchev–Trinajstić information content (AvgIpc) is 2.67. The van der Waals surface area contributed by atoms with E-state index in [0.717, 1.165) is 25.3 Å². The van der Waals surface area contributed by atoms with Gasteiger partial charge in [-0.15, -0.1) is 0 Å². The molecule has 0 amide bonds. The number of sulfonamides is 1. The van der Waals surface area contributed by atoms with Gasteiger partial charge < -0.3 is 4.74 Å². The first-order valence-electron chi connectivity index (χ1n) is 9.05. The zero-order valence-electron chi connectivity index (χ0n) is 14.6. The monoisotopic (exact) mass is 381 g/mol. The molecule has 0 aromatic heterocycles. The highest BCUT2D eigenvalue weighted by Gasteiger charge is 2.34. The van der Waals surface area contributed by atoms with Gasteiger partial charge in [0.1, 0.15) is 10.7 Å². The first kappa shape index (κ1) is 19.0. The molecule has 5 nitrogen and oxygen atoms in total. The number of hydrogen-bond donors (Lipinski definition) is 0. The van der Waals surface area contributed by atoms with Crippen LogP contribution in [0.1, 0.15) is 32.1 Å². The Balaban J connectivity index is 1.53. The Kier molecular flexibility index (Phi) is 6.09. The van der Waals surface area contributed by atoms with Crippen LogP contribution >= 0.6 is 0 Å². The largest absolute Gasteiger partial charge is 0.465 e. The second kappa shape index (κ2) is 8.31. The van der Waals surface area contributed by atoms with Gasteiger partial charge in [0.05, 0.1) is 12.5 Å². The summed E-state index contributed by atoms with van der Waals surface area (Å²) in [5.74, 6) is -0.912. The second-order valence-corrected chi connectivity index (χ2v) is 8.80. The highest BCUT2D eigenvalue weighted by molar-refractivity contribution is 7.89. The third kappa shape index (κ3) is 4.32. The van der Waals surface area contributed by atoms with Gasteiger partial charge >= 0.3 is 5.97 Å². The number of benzene rings is 1. The minimum absolute atomic E-state index is 0.197. The molecule has 26 heavy (non-hydrogen) atoms. The van der Waals surface area contributed by atoms with Crippen LogP contribution in [0.25, 0.3) is 0 Å². The molecule has 142 valence electrons. The Bertz CT molecular complexity index is 769. The first-order chi connectivity index (χ1) is 12.5. The molecule has 1 atom stereocenters. The van der Waals surface area contributed by atoms with Crippen molar-refractivity contribution in [2.45, 2.75) is 37.0 Å². The third-order valence-corrected chi connectivity index (χ3v) is 7.01. The van der Waals surface area contributed by atoms with Crippen molar-refractivity contribution in [3.8, 4) is 0 Å². The van der Waals surface area contributed by atoms with E-state index in [9.17, 15) is 17.6 Å². The molecular weight excluding hydrogens is 357 g/mol. The fourth-order valence-electron chi connectivity index (χ4n) is 3.45. The van der Waals surface area contributed by atoms with E-state index in [2.05, 4.69) is 12.2 Å². The maximum atomic E-state index is 13.8. The standard InChI is InChI=1S/C19H24FNO4S/c20-17-8-4-5-9-18(17)26(23,24)21-12-10-16(11-13-21)19(22)25-14-15-6-2-1-3-7-15/h1-2,4-5,8-9,15-16H,3,6-7,10-14H2. The van der Waals surface area contributed by atoms with Crippen molar-refractivity contribution < 1.29 is 22.3 Å². The first-order valence-corrected chi connectivity index (χ1v) is 10.5. The smallest absolute Gasteiger partial charge is 0.309 e. The molecule has 0 saturated carbocycles. The summed E-state index contributed by atoms with van der Waals surface area (Å²) in [5, 5.41) is 0. The summed E-state index contributed by atoms with van der Waals surface area (Å²) in [5.41, 5.74) is 0. The van der Waals surface area contributed by atoms with E-state index in [0.29, 0.717) is 25.4 Å². The van der Waals surface area contributed by atoms with Gasteiger partial charge in [-0.25, -0.2) is 12.8 Å². The third-order valence-electron chi connectivity index (χ3n) is 5.08. The number of ether oxygens (including phenoxy) is 1. The Hall–Kier alpha value is -1.73. The molecule has 1 heterocycles. The van der Waals surface area contributed by atoms with Crippen molar-refractivity contribution in [2.24, 2.45) is 11.8 Å². The maximum Gasteiger partial charge on any atom is 0.309 e. The highest BCUT2D eigenvalue weighted by atomic mass is 32.2. The SMILES string of the molecule is O=C(OCC1CC=CCC1)C1CCN(S(=O)(=O)c2ccccc2F)CC1. The van der Waals surface area contributed by atoms with E-state index in [-0.39, 0.29) is 29.9 Å². The van der Waals surface area contributed by atoms with Gasteiger partial charge in [0.25, 0.3) is 0 Å². The van der Waals surface area contributed by atoms with E-state index in [1.165, 1.54) is 22.5 Å². The fourth-order valence-corrected chi connectivity index (χ4v) is 4.99. The molecule has 1 saturated heterocycles. The predicted octanol–water partition coefficient (Wildman–Crippen LogP) is 3.13. The molecule has 0 radical (unpaired) electrons. The van der Waals surface area contributed by atoms with E-state index in [1.54, 1.807) is 0 Å². The van der Waals surface area contributed by atoms with Gasteiger partial charge in [0.2, 0.25) is 10.0 Å². The summed E-state index contributed by atoms with van der Waals surface area (Å²) in [7, 11) is -3.87. The summed E-state index contributed by atoms with van der Waals surface area (Å²) in [6.07, 6.45) is 8.05. The second-order valence-electron chi connectivity index (χ2n) is 6.89. The quantitative estimate of drug-likeness (QED) is 0.581. The van der Waals surface area contributed by atoms with Gasteiger partial charge in [-0.1, -0.05) is 24.3 Å². The average molecular weight is 381 g/mol. The molecule has 1 unspecified atom stereocenters. The number of nitrogens with zero attached hydrogens (tertiary/aromatic N) is 1. The molecule has 3 rings (SSSR count). The Morgan fingerprint density at radius 1 is 1.15 bits per heavy atom. The van der Waals surface area contributed by atoms with Crippen LogP contribution in [0.3, 0.4) is 0 Å². The predicted molar refractivity (Wildman–Crippen MR) is 95.3 cm³/mol. The number of esters is 1. The van der Waals surface area contributed by atoms with Crippen LogP contribution in [0.15, 0.2) is 41.3 Å².